The minimum Gasteiger partial charge on any atom is -0.374 e. The van der Waals surface area contributed by atoms with Gasteiger partial charge in [0, 0.05) is 38.9 Å². The molecular weight excluding hydrogens is 266 g/mol. The average molecular weight is 293 g/mol. The normalized spacial score (nSPS) is 16.5. The summed E-state index contributed by atoms with van der Waals surface area (Å²) >= 11 is 0. The third-order valence-corrected chi connectivity index (χ3v) is 3.97. The van der Waals surface area contributed by atoms with E-state index in [1.807, 2.05) is 20.0 Å². The zero-order valence-corrected chi connectivity index (χ0v) is 13.6. The van der Waals surface area contributed by atoms with Crippen LogP contribution in [0.25, 0.3) is 0 Å². The van der Waals surface area contributed by atoms with Crippen molar-refractivity contribution >= 4 is 11.6 Å². The van der Waals surface area contributed by atoms with Crippen molar-refractivity contribution in [1.82, 2.24) is 14.9 Å². The maximum atomic E-state index is 5.43. The molecular formula is C15H27N5O. The summed E-state index contributed by atoms with van der Waals surface area (Å²) in [7, 11) is 6.20. The molecule has 0 aliphatic carbocycles. The molecule has 2 heterocycles. The fourth-order valence-electron chi connectivity index (χ4n) is 2.64. The number of hydrogen-bond acceptors (Lipinski definition) is 6. The molecule has 1 aliphatic rings. The first-order valence-corrected chi connectivity index (χ1v) is 7.68. The van der Waals surface area contributed by atoms with E-state index < -0.39 is 0 Å². The Hall–Kier alpha value is -1.40. The molecule has 2 rings (SSSR count). The van der Waals surface area contributed by atoms with Crippen LogP contribution >= 0.6 is 0 Å². The molecule has 118 valence electrons. The molecule has 0 spiro atoms. The van der Waals surface area contributed by atoms with Crippen molar-refractivity contribution in [3.63, 3.8) is 0 Å². The fraction of sp³-hybridized carbons (Fsp3) is 0.733. The molecule has 1 aliphatic heterocycles. The summed E-state index contributed by atoms with van der Waals surface area (Å²) in [5.74, 6) is 2.60. The Morgan fingerprint density at radius 1 is 1.33 bits per heavy atom. The van der Waals surface area contributed by atoms with Crippen LogP contribution in [-0.4, -0.2) is 61.7 Å². The van der Waals surface area contributed by atoms with Crippen LogP contribution in [-0.2, 0) is 11.3 Å². The lowest BCUT2D eigenvalue weighted by atomic mass is 10.0. The predicted octanol–water partition coefficient (Wildman–Crippen LogP) is 1.59. The lowest BCUT2D eigenvalue weighted by Gasteiger charge is -2.36. The van der Waals surface area contributed by atoms with Gasteiger partial charge in [0.1, 0.15) is 18.2 Å². The molecule has 0 unspecified atom stereocenters. The van der Waals surface area contributed by atoms with Gasteiger partial charge in [0.15, 0.2) is 5.82 Å². The van der Waals surface area contributed by atoms with Gasteiger partial charge in [-0.25, -0.2) is 9.97 Å². The van der Waals surface area contributed by atoms with Gasteiger partial charge >= 0.3 is 0 Å². The quantitative estimate of drug-likeness (QED) is 0.859. The van der Waals surface area contributed by atoms with Gasteiger partial charge in [0.05, 0.1) is 0 Å². The lowest BCUT2D eigenvalue weighted by Crippen LogP contribution is -2.42. The summed E-state index contributed by atoms with van der Waals surface area (Å²) in [6.07, 6.45) is 2.35. The van der Waals surface area contributed by atoms with Crippen molar-refractivity contribution in [3.8, 4) is 0 Å². The SMILES string of the molecule is CCOCc1nc(NC)cc(N2CCC(N(C)C)CC2)n1. The zero-order valence-electron chi connectivity index (χ0n) is 13.6. The first-order valence-electron chi connectivity index (χ1n) is 7.68. The highest BCUT2D eigenvalue weighted by Crippen LogP contribution is 2.22. The fourth-order valence-corrected chi connectivity index (χ4v) is 2.64. The molecule has 0 atom stereocenters. The summed E-state index contributed by atoms with van der Waals surface area (Å²) in [6.45, 7) is 5.20. The Labute approximate surface area is 127 Å². The molecule has 0 aromatic carbocycles. The van der Waals surface area contributed by atoms with Crippen molar-refractivity contribution in [1.29, 1.82) is 0 Å². The van der Waals surface area contributed by atoms with Crippen LogP contribution in [0.4, 0.5) is 11.6 Å². The Balaban J connectivity index is 2.08. The molecule has 1 aromatic heterocycles. The van der Waals surface area contributed by atoms with E-state index in [2.05, 4.69) is 39.2 Å². The van der Waals surface area contributed by atoms with Gasteiger partial charge in [-0.15, -0.1) is 0 Å². The molecule has 6 heteroatoms. The van der Waals surface area contributed by atoms with Crippen LogP contribution < -0.4 is 10.2 Å². The van der Waals surface area contributed by atoms with Crippen LogP contribution in [0.3, 0.4) is 0 Å². The van der Waals surface area contributed by atoms with Crippen LogP contribution in [0.2, 0.25) is 0 Å². The number of nitrogens with zero attached hydrogens (tertiary/aromatic N) is 4. The number of nitrogens with one attached hydrogen (secondary N) is 1. The van der Waals surface area contributed by atoms with Crippen LogP contribution in [0, 0.1) is 0 Å². The summed E-state index contributed by atoms with van der Waals surface area (Å²) in [5.41, 5.74) is 0. The van der Waals surface area contributed by atoms with E-state index in [-0.39, 0.29) is 0 Å². The Morgan fingerprint density at radius 3 is 2.62 bits per heavy atom. The van der Waals surface area contributed by atoms with E-state index in [0.29, 0.717) is 19.3 Å². The second-order valence-electron chi connectivity index (χ2n) is 5.60. The molecule has 1 fully saturated rings. The van der Waals surface area contributed by atoms with Crippen molar-refractivity contribution < 1.29 is 4.74 Å². The average Bonchev–Trinajstić information content (AvgIpc) is 2.52. The molecule has 1 N–H and O–H groups in total. The van der Waals surface area contributed by atoms with E-state index in [1.54, 1.807) is 0 Å². The molecule has 0 amide bonds. The van der Waals surface area contributed by atoms with Gasteiger partial charge in [-0.2, -0.15) is 0 Å². The Bertz CT molecular complexity index is 444. The highest BCUT2D eigenvalue weighted by Gasteiger charge is 2.22. The largest absolute Gasteiger partial charge is 0.374 e. The molecule has 6 nitrogen and oxygen atoms in total. The number of aromatic nitrogens is 2. The molecule has 1 aromatic rings. The third-order valence-electron chi connectivity index (χ3n) is 3.97. The smallest absolute Gasteiger partial charge is 0.158 e. The van der Waals surface area contributed by atoms with Crippen molar-refractivity contribution in [3.05, 3.63) is 11.9 Å². The van der Waals surface area contributed by atoms with Gasteiger partial charge in [-0.3, -0.25) is 0 Å². The minimum absolute atomic E-state index is 0.465. The van der Waals surface area contributed by atoms with Gasteiger partial charge in [0.2, 0.25) is 0 Å². The molecule has 0 bridgehead atoms. The van der Waals surface area contributed by atoms with Crippen LogP contribution in [0.15, 0.2) is 6.07 Å². The number of anilines is 2. The summed E-state index contributed by atoms with van der Waals surface area (Å²) < 4.78 is 5.43. The molecule has 0 radical (unpaired) electrons. The summed E-state index contributed by atoms with van der Waals surface area (Å²) in [6, 6.07) is 2.69. The van der Waals surface area contributed by atoms with Gasteiger partial charge in [-0.1, -0.05) is 0 Å². The predicted molar refractivity (Wildman–Crippen MR) is 85.8 cm³/mol. The van der Waals surface area contributed by atoms with Crippen LogP contribution in [0.1, 0.15) is 25.6 Å². The summed E-state index contributed by atoms with van der Waals surface area (Å²) in [5, 5.41) is 3.11. The Morgan fingerprint density at radius 2 is 2.05 bits per heavy atom. The topological polar surface area (TPSA) is 53.5 Å². The molecule has 0 saturated carbocycles. The number of ether oxygens (including phenoxy) is 1. The van der Waals surface area contributed by atoms with E-state index >= 15 is 0 Å². The second kappa shape index (κ2) is 7.56. The van der Waals surface area contributed by atoms with Gasteiger partial charge in [0.25, 0.3) is 0 Å². The van der Waals surface area contributed by atoms with E-state index in [4.69, 9.17) is 4.74 Å². The maximum absolute atomic E-state index is 5.43. The molecule has 1 saturated heterocycles. The van der Waals surface area contributed by atoms with E-state index in [9.17, 15) is 0 Å². The number of piperidine rings is 1. The van der Waals surface area contributed by atoms with Crippen molar-refractivity contribution in [2.24, 2.45) is 0 Å². The minimum atomic E-state index is 0.465. The number of rotatable bonds is 6. The lowest BCUT2D eigenvalue weighted by molar-refractivity contribution is 0.128. The van der Waals surface area contributed by atoms with E-state index in [1.165, 1.54) is 12.8 Å². The maximum Gasteiger partial charge on any atom is 0.158 e. The van der Waals surface area contributed by atoms with E-state index in [0.717, 1.165) is 30.5 Å². The monoisotopic (exact) mass is 293 g/mol. The van der Waals surface area contributed by atoms with Gasteiger partial charge < -0.3 is 19.9 Å². The van der Waals surface area contributed by atoms with Gasteiger partial charge in [-0.05, 0) is 33.9 Å². The number of hydrogen-bond donors (Lipinski definition) is 1. The molecule has 21 heavy (non-hydrogen) atoms. The first-order chi connectivity index (χ1) is 10.1. The highest BCUT2D eigenvalue weighted by atomic mass is 16.5. The third kappa shape index (κ3) is 4.28. The zero-order chi connectivity index (χ0) is 15.2. The highest BCUT2D eigenvalue weighted by molar-refractivity contribution is 5.49. The van der Waals surface area contributed by atoms with Crippen molar-refractivity contribution in [2.75, 3.05) is 51.1 Å². The first kappa shape index (κ1) is 16.0. The Kier molecular flexibility index (Phi) is 5.76. The van der Waals surface area contributed by atoms with Crippen molar-refractivity contribution in [2.45, 2.75) is 32.4 Å². The second-order valence-corrected chi connectivity index (χ2v) is 5.60. The van der Waals surface area contributed by atoms with Crippen LogP contribution in [0.5, 0.6) is 0 Å². The summed E-state index contributed by atoms with van der Waals surface area (Å²) in [4.78, 5) is 13.8. The standard InChI is InChI=1S/C15H27N5O/c1-5-21-11-14-17-13(16-2)10-15(18-14)20-8-6-12(7-9-20)19(3)4/h10,12H,5-9,11H2,1-4H3,(H,16,17,18).